The van der Waals surface area contributed by atoms with Crippen molar-refractivity contribution in [1.29, 1.82) is 0 Å². The number of carbonyl (C=O) groups is 1. The largest absolute Gasteiger partial charge is 0.497 e. The minimum absolute atomic E-state index is 0.129. The molecule has 0 saturated carbocycles. The number of hydrogen-bond acceptors (Lipinski definition) is 4. The van der Waals surface area contributed by atoms with Gasteiger partial charge in [0.05, 0.1) is 17.7 Å². The molecule has 2 N–H and O–H groups in total. The molecule has 29 heavy (non-hydrogen) atoms. The first-order valence-corrected chi connectivity index (χ1v) is 10.2. The highest BCUT2D eigenvalue weighted by atomic mass is 32.2. The zero-order valence-corrected chi connectivity index (χ0v) is 16.8. The van der Waals surface area contributed by atoms with Crippen LogP contribution in [0.1, 0.15) is 0 Å². The molecular weight excluding hydrogens is 390 g/mol. The number of hydrogen-bond donors (Lipinski definition) is 2. The van der Waals surface area contributed by atoms with E-state index in [1.165, 1.54) is 30.6 Å². The van der Waals surface area contributed by atoms with Gasteiger partial charge in [-0.1, -0.05) is 24.3 Å². The van der Waals surface area contributed by atoms with Crippen LogP contribution in [0.3, 0.4) is 0 Å². The van der Waals surface area contributed by atoms with Crippen LogP contribution in [-0.2, 0) is 10.0 Å². The summed E-state index contributed by atoms with van der Waals surface area (Å²) in [4.78, 5) is 12.2. The molecule has 0 aliphatic heterocycles. The number of para-hydroxylation sites is 1. The average molecular weight is 411 g/mol. The monoisotopic (exact) mass is 411 g/mol. The summed E-state index contributed by atoms with van der Waals surface area (Å²) in [6.07, 6.45) is 0. The molecule has 0 atom stereocenters. The standard InChI is InChI=1S/C21H21N3O4S/c1-24(29(26,27)20-10-6-9-19(15-20)28-2)18-13-11-17(12-14-18)23-21(25)22-16-7-4-3-5-8-16/h3-15H,1-2H3,(H2,22,23,25). The van der Waals surface area contributed by atoms with Crippen LogP contribution in [0.15, 0.2) is 83.8 Å². The summed E-state index contributed by atoms with van der Waals surface area (Å²) in [6.45, 7) is 0. The van der Waals surface area contributed by atoms with Gasteiger partial charge in [0.1, 0.15) is 5.75 Å². The van der Waals surface area contributed by atoms with E-state index in [9.17, 15) is 13.2 Å². The highest BCUT2D eigenvalue weighted by Crippen LogP contribution is 2.25. The van der Waals surface area contributed by atoms with Gasteiger partial charge in [-0.25, -0.2) is 13.2 Å². The average Bonchev–Trinajstić information content (AvgIpc) is 2.74. The van der Waals surface area contributed by atoms with Crippen LogP contribution < -0.4 is 19.7 Å². The van der Waals surface area contributed by atoms with Crippen molar-refractivity contribution in [2.75, 3.05) is 29.1 Å². The van der Waals surface area contributed by atoms with E-state index in [1.54, 1.807) is 48.5 Å². The van der Waals surface area contributed by atoms with Gasteiger partial charge in [-0.15, -0.1) is 0 Å². The first-order chi connectivity index (χ1) is 13.9. The van der Waals surface area contributed by atoms with Crippen molar-refractivity contribution in [3.63, 3.8) is 0 Å². The van der Waals surface area contributed by atoms with Crippen molar-refractivity contribution >= 4 is 33.1 Å². The summed E-state index contributed by atoms with van der Waals surface area (Å²) in [7, 11) is -0.795. The molecule has 150 valence electrons. The Morgan fingerprint density at radius 3 is 2.10 bits per heavy atom. The maximum atomic E-state index is 12.9. The number of methoxy groups -OCH3 is 1. The molecule has 0 spiro atoms. The Morgan fingerprint density at radius 2 is 1.48 bits per heavy atom. The summed E-state index contributed by atoms with van der Waals surface area (Å²) < 4.78 is 32.0. The quantitative estimate of drug-likeness (QED) is 0.637. The lowest BCUT2D eigenvalue weighted by molar-refractivity contribution is 0.262. The number of sulfonamides is 1. The Labute approximate surface area is 170 Å². The zero-order chi connectivity index (χ0) is 20.9. The number of nitrogens with zero attached hydrogens (tertiary/aromatic N) is 1. The van der Waals surface area contributed by atoms with Crippen LogP contribution in [0, 0.1) is 0 Å². The molecule has 0 aromatic heterocycles. The van der Waals surface area contributed by atoms with E-state index in [0.717, 1.165) is 0 Å². The van der Waals surface area contributed by atoms with Gasteiger partial charge < -0.3 is 15.4 Å². The number of nitrogens with one attached hydrogen (secondary N) is 2. The molecule has 0 fully saturated rings. The van der Waals surface area contributed by atoms with Gasteiger partial charge in [0, 0.05) is 24.5 Å². The second-order valence-electron chi connectivity index (χ2n) is 6.14. The van der Waals surface area contributed by atoms with E-state index in [4.69, 9.17) is 4.74 Å². The minimum Gasteiger partial charge on any atom is -0.497 e. The van der Waals surface area contributed by atoms with Crippen molar-refractivity contribution in [2.24, 2.45) is 0 Å². The fourth-order valence-electron chi connectivity index (χ4n) is 2.63. The Morgan fingerprint density at radius 1 is 0.862 bits per heavy atom. The van der Waals surface area contributed by atoms with Gasteiger partial charge in [0.25, 0.3) is 10.0 Å². The third kappa shape index (κ3) is 4.85. The molecule has 3 aromatic carbocycles. The van der Waals surface area contributed by atoms with E-state index < -0.39 is 10.0 Å². The number of anilines is 3. The number of rotatable bonds is 6. The van der Waals surface area contributed by atoms with Crippen molar-refractivity contribution in [3.05, 3.63) is 78.9 Å². The van der Waals surface area contributed by atoms with Gasteiger partial charge in [-0.3, -0.25) is 4.31 Å². The Bertz CT molecular complexity index is 1080. The van der Waals surface area contributed by atoms with E-state index in [0.29, 0.717) is 22.8 Å². The molecule has 8 heteroatoms. The summed E-state index contributed by atoms with van der Waals surface area (Å²) in [5.41, 5.74) is 1.67. The second-order valence-corrected chi connectivity index (χ2v) is 8.11. The molecule has 0 aliphatic carbocycles. The highest BCUT2D eigenvalue weighted by molar-refractivity contribution is 7.92. The highest BCUT2D eigenvalue weighted by Gasteiger charge is 2.21. The zero-order valence-electron chi connectivity index (χ0n) is 16.0. The molecule has 0 radical (unpaired) electrons. The van der Waals surface area contributed by atoms with E-state index in [-0.39, 0.29) is 10.9 Å². The number of amides is 2. The third-order valence-electron chi connectivity index (χ3n) is 4.22. The van der Waals surface area contributed by atoms with Crippen LogP contribution >= 0.6 is 0 Å². The molecule has 3 aromatic rings. The molecule has 3 rings (SSSR count). The van der Waals surface area contributed by atoms with Gasteiger partial charge in [-0.05, 0) is 48.5 Å². The molecule has 0 saturated heterocycles. The molecule has 2 amide bonds. The van der Waals surface area contributed by atoms with Gasteiger partial charge in [0.15, 0.2) is 0 Å². The van der Waals surface area contributed by atoms with E-state index in [1.807, 2.05) is 18.2 Å². The fourth-order valence-corrected chi connectivity index (χ4v) is 3.86. The van der Waals surface area contributed by atoms with Gasteiger partial charge in [-0.2, -0.15) is 0 Å². The Balaban J connectivity index is 1.71. The lowest BCUT2D eigenvalue weighted by atomic mass is 10.3. The number of benzene rings is 3. The van der Waals surface area contributed by atoms with Gasteiger partial charge in [0.2, 0.25) is 0 Å². The summed E-state index contributed by atoms with van der Waals surface area (Å²) in [5.74, 6) is 0.462. The third-order valence-corrected chi connectivity index (χ3v) is 6.00. The van der Waals surface area contributed by atoms with Crippen LogP contribution in [0.2, 0.25) is 0 Å². The smallest absolute Gasteiger partial charge is 0.323 e. The predicted molar refractivity (Wildman–Crippen MR) is 114 cm³/mol. The maximum Gasteiger partial charge on any atom is 0.323 e. The van der Waals surface area contributed by atoms with Crippen molar-refractivity contribution in [1.82, 2.24) is 0 Å². The summed E-state index contributed by atoms with van der Waals surface area (Å²) in [5, 5.41) is 5.42. The Hall–Kier alpha value is -3.52. The minimum atomic E-state index is -3.75. The Kier molecular flexibility index (Phi) is 6.04. The SMILES string of the molecule is COc1cccc(S(=O)(=O)N(C)c2ccc(NC(=O)Nc3ccccc3)cc2)c1. The van der Waals surface area contributed by atoms with Crippen molar-refractivity contribution in [3.8, 4) is 5.75 Å². The first kappa shape index (κ1) is 20.2. The number of urea groups is 1. The molecule has 7 nitrogen and oxygen atoms in total. The van der Waals surface area contributed by atoms with Crippen LogP contribution in [0.25, 0.3) is 0 Å². The number of ether oxygens (including phenoxy) is 1. The topological polar surface area (TPSA) is 87.7 Å². The van der Waals surface area contributed by atoms with Crippen molar-refractivity contribution < 1.29 is 17.9 Å². The molecule has 0 heterocycles. The molecular formula is C21H21N3O4S. The summed E-state index contributed by atoms with van der Waals surface area (Å²) in [6, 6.07) is 21.5. The van der Waals surface area contributed by atoms with Crippen LogP contribution in [-0.4, -0.2) is 28.6 Å². The predicted octanol–water partition coefficient (Wildman–Crippen LogP) is 4.16. The summed E-state index contributed by atoms with van der Waals surface area (Å²) >= 11 is 0. The molecule has 0 aliphatic rings. The van der Waals surface area contributed by atoms with Crippen molar-refractivity contribution in [2.45, 2.75) is 4.90 Å². The lowest BCUT2D eigenvalue weighted by Gasteiger charge is -2.20. The molecule has 0 bridgehead atoms. The molecule has 0 unspecified atom stereocenters. The lowest BCUT2D eigenvalue weighted by Crippen LogP contribution is -2.26. The second kappa shape index (κ2) is 8.66. The first-order valence-electron chi connectivity index (χ1n) is 8.76. The van der Waals surface area contributed by atoms with Gasteiger partial charge >= 0.3 is 6.03 Å². The number of carbonyl (C=O) groups excluding carboxylic acids is 1. The van der Waals surface area contributed by atoms with Crippen LogP contribution in [0.4, 0.5) is 21.9 Å². The van der Waals surface area contributed by atoms with E-state index in [2.05, 4.69) is 10.6 Å². The fraction of sp³-hybridized carbons (Fsp3) is 0.0952. The normalized spacial score (nSPS) is 10.8. The maximum absolute atomic E-state index is 12.9. The van der Waals surface area contributed by atoms with E-state index >= 15 is 0 Å². The van der Waals surface area contributed by atoms with Crippen LogP contribution in [0.5, 0.6) is 5.75 Å².